The Labute approximate surface area is 156 Å². The van der Waals surface area contributed by atoms with Crippen LogP contribution in [0, 0.1) is 5.92 Å². The minimum atomic E-state index is -0.736. The van der Waals surface area contributed by atoms with Crippen molar-refractivity contribution in [2.24, 2.45) is 5.92 Å². The van der Waals surface area contributed by atoms with Crippen molar-refractivity contribution >= 4 is 27.9 Å². The maximum absolute atomic E-state index is 12.4. The Morgan fingerprint density at radius 2 is 2.12 bits per heavy atom. The molecule has 1 aromatic rings. The molecule has 2 atom stereocenters. The second kappa shape index (κ2) is 8.89. The molecule has 0 aromatic heterocycles. The molecule has 6 nitrogen and oxygen atoms in total. The molecule has 0 saturated carbocycles. The van der Waals surface area contributed by atoms with E-state index in [1.807, 2.05) is 18.2 Å². The van der Waals surface area contributed by atoms with E-state index in [0.29, 0.717) is 23.6 Å². The van der Waals surface area contributed by atoms with Gasteiger partial charge in [-0.25, -0.2) is 4.79 Å². The number of hydrogen-bond donors (Lipinski definition) is 2. The molecular weight excluding hydrogens is 388 g/mol. The van der Waals surface area contributed by atoms with Crippen molar-refractivity contribution in [3.63, 3.8) is 0 Å². The minimum Gasteiger partial charge on any atom is -0.493 e. The van der Waals surface area contributed by atoms with Gasteiger partial charge in [-0.2, -0.15) is 0 Å². The van der Waals surface area contributed by atoms with Gasteiger partial charge >= 0.3 is 12.0 Å². The van der Waals surface area contributed by atoms with Crippen LogP contribution in [-0.2, 0) is 9.53 Å². The van der Waals surface area contributed by atoms with Crippen LogP contribution in [-0.4, -0.2) is 25.2 Å². The van der Waals surface area contributed by atoms with Gasteiger partial charge in [0, 0.05) is 15.7 Å². The molecule has 0 spiro atoms. The van der Waals surface area contributed by atoms with Crippen molar-refractivity contribution in [3.8, 4) is 5.75 Å². The van der Waals surface area contributed by atoms with Gasteiger partial charge in [0.15, 0.2) is 0 Å². The summed E-state index contributed by atoms with van der Waals surface area (Å²) in [5.74, 6) is -0.545. The normalized spacial score (nSPS) is 19.8. The van der Waals surface area contributed by atoms with E-state index in [4.69, 9.17) is 9.47 Å². The maximum atomic E-state index is 12.4. The predicted molar refractivity (Wildman–Crippen MR) is 98.2 cm³/mol. The Morgan fingerprint density at radius 1 is 1.36 bits per heavy atom. The third-order valence-electron chi connectivity index (χ3n) is 3.87. The Morgan fingerprint density at radius 3 is 2.80 bits per heavy atom. The van der Waals surface area contributed by atoms with Crippen molar-refractivity contribution in [1.29, 1.82) is 0 Å². The quantitative estimate of drug-likeness (QED) is 0.530. The van der Waals surface area contributed by atoms with Gasteiger partial charge < -0.3 is 20.1 Å². The van der Waals surface area contributed by atoms with Crippen molar-refractivity contribution < 1.29 is 19.1 Å². The fraction of sp³-hybridized carbons (Fsp3) is 0.444. The maximum Gasteiger partial charge on any atom is 0.319 e. The summed E-state index contributed by atoms with van der Waals surface area (Å²) in [6.07, 6.45) is 1.93. The molecule has 2 N–H and O–H groups in total. The number of unbranched alkanes of at least 4 members (excludes halogenated alkanes) is 1. The summed E-state index contributed by atoms with van der Waals surface area (Å²) in [4.78, 5) is 24.4. The molecule has 1 heterocycles. The van der Waals surface area contributed by atoms with Gasteiger partial charge in [-0.1, -0.05) is 35.9 Å². The fourth-order valence-electron chi connectivity index (χ4n) is 2.67. The third kappa shape index (κ3) is 4.75. The SMILES string of the molecule is C=C1NC(=O)N[C@@H](c2cc(Br)ccc2OCCCC)[C@@H]1C(=O)OCC. The summed E-state index contributed by atoms with van der Waals surface area (Å²) in [7, 11) is 0. The highest BCUT2D eigenvalue weighted by Gasteiger charge is 2.40. The highest BCUT2D eigenvalue weighted by Crippen LogP contribution is 2.37. The lowest BCUT2D eigenvalue weighted by molar-refractivity contribution is -0.147. The molecule has 0 radical (unpaired) electrons. The summed E-state index contributed by atoms with van der Waals surface area (Å²) in [5.41, 5.74) is 1.02. The zero-order chi connectivity index (χ0) is 18.4. The molecule has 136 valence electrons. The van der Waals surface area contributed by atoms with Crippen molar-refractivity contribution in [1.82, 2.24) is 10.6 Å². The Kier molecular flexibility index (Phi) is 6.87. The van der Waals surface area contributed by atoms with Crippen molar-refractivity contribution in [2.45, 2.75) is 32.7 Å². The topological polar surface area (TPSA) is 76.7 Å². The first-order valence-electron chi connectivity index (χ1n) is 8.33. The Hall–Kier alpha value is -2.02. The molecule has 0 bridgehead atoms. The zero-order valence-corrected chi connectivity index (χ0v) is 16.0. The largest absolute Gasteiger partial charge is 0.493 e. The highest BCUT2D eigenvalue weighted by atomic mass is 79.9. The smallest absolute Gasteiger partial charge is 0.319 e. The van der Waals surface area contributed by atoms with Crippen LogP contribution in [0.15, 0.2) is 34.9 Å². The van der Waals surface area contributed by atoms with E-state index in [-0.39, 0.29) is 6.61 Å². The highest BCUT2D eigenvalue weighted by molar-refractivity contribution is 9.10. The number of urea groups is 1. The summed E-state index contributed by atoms with van der Waals surface area (Å²) < 4.78 is 11.9. The summed E-state index contributed by atoms with van der Waals surface area (Å²) in [6, 6.07) is 4.51. The first-order valence-corrected chi connectivity index (χ1v) is 9.12. The molecule has 2 amide bonds. The number of benzene rings is 1. The van der Waals surface area contributed by atoms with E-state index >= 15 is 0 Å². The van der Waals surface area contributed by atoms with Crippen LogP contribution in [0.2, 0.25) is 0 Å². The van der Waals surface area contributed by atoms with Crippen molar-refractivity contribution in [2.75, 3.05) is 13.2 Å². The molecule has 0 aliphatic carbocycles. The van der Waals surface area contributed by atoms with Crippen LogP contribution < -0.4 is 15.4 Å². The lowest BCUT2D eigenvalue weighted by Gasteiger charge is -2.34. The average Bonchev–Trinajstić information content (AvgIpc) is 2.55. The second-order valence-electron chi connectivity index (χ2n) is 5.72. The first kappa shape index (κ1) is 19.3. The lowest BCUT2D eigenvalue weighted by Crippen LogP contribution is -2.51. The van der Waals surface area contributed by atoms with Crippen LogP contribution >= 0.6 is 15.9 Å². The minimum absolute atomic E-state index is 0.252. The number of esters is 1. The number of halogens is 1. The van der Waals surface area contributed by atoms with Crippen molar-refractivity contribution in [3.05, 3.63) is 40.5 Å². The van der Waals surface area contributed by atoms with Gasteiger partial charge in [0.1, 0.15) is 11.7 Å². The molecule has 1 aliphatic heterocycles. The molecule has 2 rings (SSSR count). The molecule has 1 aliphatic rings. The number of hydrogen-bond acceptors (Lipinski definition) is 4. The van der Waals surface area contributed by atoms with Gasteiger partial charge in [0.05, 0.1) is 19.3 Å². The van der Waals surface area contributed by atoms with E-state index < -0.39 is 24.0 Å². The molecule has 1 aromatic carbocycles. The summed E-state index contributed by atoms with van der Waals surface area (Å²) in [5, 5.41) is 5.35. The summed E-state index contributed by atoms with van der Waals surface area (Å²) in [6.45, 7) is 8.47. The van der Waals surface area contributed by atoms with Crippen LogP contribution in [0.25, 0.3) is 0 Å². The summed E-state index contributed by atoms with van der Waals surface area (Å²) >= 11 is 3.44. The second-order valence-corrected chi connectivity index (χ2v) is 6.63. The van der Waals surface area contributed by atoms with Crippen LogP contribution in [0.5, 0.6) is 5.75 Å². The number of amides is 2. The van der Waals surface area contributed by atoms with Gasteiger partial charge in [-0.3, -0.25) is 4.79 Å². The standard InChI is InChI=1S/C18H23BrN2O4/c1-4-6-9-25-14-8-7-12(19)10-13(14)16-15(17(22)24-5-2)11(3)20-18(23)21-16/h7-8,10,15-16H,3-6,9H2,1-2H3,(H2,20,21,23)/t15-,16+/m1/s1. The van der Waals surface area contributed by atoms with Crippen LogP contribution in [0.4, 0.5) is 4.79 Å². The predicted octanol–water partition coefficient (Wildman–Crippen LogP) is 3.67. The fourth-order valence-corrected chi connectivity index (χ4v) is 3.05. The number of nitrogens with one attached hydrogen (secondary N) is 2. The first-order chi connectivity index (χ1) is 12.0. The average molecular weight is 411 g/mol. The monoisotopic (exact) mass is 410 g/mol. The van der Waals surface area contributed by atoms with E-state index in [1.54, 1.807) is 6.92 Å². The molecule has 1 saturated heterocycles. The molecule has 7 heteroatoms. The number of ether oxygens (including phenoxy) is 2. The third-order valence-corrected chi connectivity index (χ3v) is 4.37. The van der Waals surface area contributed by atoms with Gasteiger partial charge in [0.2, 0.25) is 0 Å². The molecular formula is C18H23BrN2O4. The van der Waals surface area contributed by atoms with Gasteiger partial charge in [-0.15, -0.1) is 0 Å². The van der Waals surface area contributed by atoms with Gasteiger partial charge in [0.25, 0.3) is 0 Å². The van der Waals surface area contributed by atoms with E-state index in [9.17, 15) is 9.59 Å². The van der Waals surface area contributed by atoms with E-state index in [0.717, 1.165) is 17.3 Å². The zero-order valence-electron chi connectivity index (χ0n) is 14.4. The van der Waals surface area contributed by atoms with Crippen LogP contribution in [0.3, 0.4) is 0 Å². The molecule has 0 unspecified atom stereocenters. The molecule has 25 heavy (non-hydrogen) atoms. The Bertz CT molecular complexity index is 662. The van der Waals surface area contributed by atoms with Crippen LogP contribution in [0.1, 0.15) is 38.3 Å². The van der Waals surface area contributed by atoms with E-state index in [1.165, 1.54) is 0 Å². The van der Waals surface area contributed by atoms with E-state index in [2.05, 4.69) is 40.1 Å². The van der Waals surface area contributed by atoms with Gasteiger partial charge in [-0.05, 0) is 31.5 Å². The molecule has 1 fully saturated rings. The Balaban J connectivity index is 2.40. The number of rotatable bonds is 7. The lowest BCUT2D eigenvalue weighted by atomic mass is 9.88. The number of carbonyl (C=O) groups is 2. The number of carbonyl (C=O) groups excluding carboxylic acids is 2.